The van der Waals surface area contributed by atoms with Gasteiger partial charge in [0.1, 0.15) is 0 Å². The molecule has 1 aliphatic rings. The number of amides is 1. The van der Waals surface area contributed by atoms with Crippen LogP contribution in [0.5, 0.6) is 0 Å². The van der Waals surface area contributed by atoms with Crippen LogP contribution < -0.4 is 5.32 Å². The number of nitrogens with zero attached hydrogens (tertiary/aromatic N) is 1. The highest BCUT2D eigenvalue weighted by atomic mass is 16.1. The predicted molar refractivity (Wildman–Crippen MR) is 74.7 cm³/mol. The maximum atomic E-state index is 11.1. The van der Waals surface area contributed by atoms with Gasteiger partial charge < -0.3 is 5.32 Å². The van der Waals surface area contributed by atoms with Crippen LogP contribution in [0.4, 0.5) is 0 Å². The van der Waals surface area contributed by atoms with Gasteiger partial charge in [-0.05, 0) is 42.4 Å². The van der Waals surface area contributed by atoms with E-state index in [2.05, 4.69) is 37.4 Å². The van der Waals surface area contributed by atoms with Gasteiger partial charge in [0.15, 0.2) is 6.07 Å². The monoisotopic (exact) mass is 256 g/mol. The lowest BCUT2D eigenvalue weighted by atomic mass is 9.81. The van der Waals surface area contributed by atoms with E-state index in [-0.39, 0.29) is 5.41 Å². The Balaban J connectivity index is 2.16. The van der Waals surface area contributed by atoms with Crippen LogP contribution in [0, 0.1) is 11.3 Å². The first-order chi connectivity index (χ1) is 9.03. The Kier molecular flexibility index (Phi) is 3.90. The van der Waals surface area contributed by atoms with Gasteiger partial charge in [-0.2, -0.15) is 5.26 Å². The van der Waals surface area contributed by atoms with Crippen LogP contribution in [0.3, 0.4) is 0 Å². The lowest BCUT2D eigenvalue weighted by Gasteiger charge is -2.27. The summed E-state index contributed by atoms with van der Waals surface area (Å²) in [6, 6.07) is 8.24. The molecular weight excluding hydrogens is 236 g/mol. The number of carbonyl (C=O) groups is 1. The highest BCUT2D eigenvalue weighted by Gasteiger charge is 2.23. The first-order valence-corrected chi connectivity index (χ1v) is 6.83. The summed E-state index contributed by atoms with van der Waals surface area (Å²) in [5, 5.41) is 11.1. The van der Waals surface area contributed by atoms with Crippen LogP contribution in [-0.2, 0) is 23.1 Å². The normalized spacial score (nSPS) is 14.4. The Morgan fingerprint density at radius 2 is 2.00 bits per heavy atom. The molecule has 0 aromatic heterocycles. The van der Waals surface area contributed by atoms with Crippen molar-refractivity contribution < 1.29 is 4.79 Å². The third-order valence-corrected chi connectivity index (χ3v) is 3.92. The molecule has 1 amide bonds. The zero-order valence-electron chi connectivity index (χ0n) is 11.6. The third-order valence-electron chi connectivity index (χ3n) is 3.92. The van der Waals surface area contributed by atoms with Crippen molar-refractivity contribution in [1.29, 1.82) is 5.26 Å². The summed E-state index contributed by atoms with van der Waals surface area (Å²) >= 11 is 0. The lowest BCUT2D eigenvalue weighted by Crippen LogP contribution is -2.36. The zero-order chi connectivity index (χ0) is 13.9. The fraction of sp³-hybridized carbons (Fsp3) is 0.500. The summed E-state index contributed by atoms with van der Waals surface area (Å²) in [4.78, 5) is 11.1. The van der Waals surface area contributed by atoms with Gasteiger partial charge in [0.05, 0.1) is 0 Å². The van der Waals surface area contributed by atoms with Crippen LogP contribution in [0.2, 0.25) is 0 Å². The van der Waals surface area contributed by atoms with Crippen LogP contribution in [-0.4, -0.2) is 12.5 Å². The number of nitrogens with one attached hydrogen (secondary N) is 1. The lowest BCUT2D eigenvalue weighted by molar-refractivity contribution is -0.116. The van der Waals surface area contributed by atoms with E-state index in [1.165, 1.54) is 36.0 Å². The summed E-state index contributed by atoms with van der Waals surface area (Å²) in [6.45, 7) is 4.67. The first kappa shape index (κ1) is 13.6. The van der Waals surface area contributed by atoms with Crippen LogP contribution in [0.1, 0.15) is 43.4 Å². The standard InChI is InChI=1S/C16H20N2O/c1-16(2,11-18-15(19)10-17)14-8-7-12-5-3-4-6-13(12)9-14/h7-9H,3-6,11H2,1-2H3,(H,18,19). The number of hydrogen-bond acceptors (Lipinski definition) is 2. The molecule has 3 nitrogen and oxygen atoms in total. The second-order valence-electron chi connectivity index (χ2n) is 5.87. The van der Waals surface area contributed by atoms with E-state index in [1.807, 2.05) is 0 Å². The Morgan fingerprint density at radius 3 is 2.68 bits per heavy atom. The molecule has 0 radical (unpaired) electrons. The van der Waals surface area contributed by atoms with Crippen LogP contribution in [0.25, 0.3) is 0 Å². The van der Waals surface area contributed by atoms with Gasteiger partial charge >= 0.3 is 5.91 Å². The Morgan fingerprint density at radius 1 is 1.32 bits per heavy atom. The molecule has 0 bridgehead atoms. The van der Waals surface area contributed by atoms with Gasteiger partial charge in [-0.15, -0.1) is 0 Å². The molecule has 0 fully saturated rings. The van der Waals surface area contributed by atoms with Crippen molar-refractivity contribution in [2.45, 2.75) is 44.9 Å². The average Bonchev–Trinajstić information content (AvgIpc) is 2.44. The van der Waals surface area contributed by atoms with E-state index in [0.29, 0.717) is 6.54 Å². The average molecular weight is 256 g/mol. The number of aryl methyl sites for hydroxylation is 2. The Bertz CT molecular complexity index is 526. The largest absolute Gasteiger partial charge is 0.343 e. The number of hydrogen-bond donors (Lipinski definition) is 1. The minimum atomic E-state index is -0.564. The number of carbonyl (C=O) groups excluding carboxylic acids is 1. The van der Waals surface area contributed by atoms with Crippen molar-refractivity contribution in [3.8, 4) is 6.07 Å². The summed E-state index contributed by atoms with van der Waals surface area (Å²) in [6.07, 6.45) is 4.89. The van der Waals surface area contributed by atoms with E-state index >= 15 is 0 Å². The molecule has 0 saturated heterocycles. The fourth-order valence-corrected chi connectivity index (χ4v) is 2.60. The second kappa shape index (κ2) is 5.44. The molecule has 19 heavy (non-hydrogen) atoms. The molecule has 1 aliphatic carbocycles. The van der Waals surface area contributed by atoms with Crippen molar-refractivity contribution in [1.82, 2.24) is 5.32 Å². The smallest absolute Gasteiger partial charge is 0.322 e. The minimum absolute atomic E-state index is 0.154. The van der Waals surface area contributed by atoms with E-state index in [9.17, 15) is 4.79 Å². The molecule has 0 atom stereocenters. The molecule has 0 spiro atoms. The van der Waals surface area contributed by atoms with Gasteiger partial charge in [0.25, 0.3) is 0 Å². The predicted octanol–water partition coefficient (Wildman–Crippen LogP) is 2.48. The molecule has 2 rings (SSSR count). The zero-order valence-corrected chi connectivity index (χ0v) is 11.6. The molecule has 0 saturated carbocycles. The van der Waals surface area contributed by atoms with Crippen molar-refractivity contribution in [3.05, 3.63) is 34.9 Å². The van der Waals surface area contributed by atoms with Gasteiger partial charge in [-0.1, -0.05) is 32.0 Å². The molecular formula is C16H20N2O. The van der Waals surface area contributed by atoms with E-state index in [4.69, 9.17) is 5.26 Å². The summed E-state index contributed by atoms with van der Waals surface area (Å²) < 4.78 is 0. The Hall–Kier alpha value is -1.82. The van der Waals surface area contributed by atoms with Gasteiger partial charge in [0.2, 0.25) is 0 Å². The van der Waals surface area contributed by atoms with Crippen molar-refractivity contribution in [2.24, 2.45) is 0 Å². The van der Waals surface area contributed by atoms with Gasteiger partial charge in [-0.25, -0.2) is 0 Å². The molecule has 3 heteroatoms. The highest BCUT2D eigenvalue weighted by Crippen LogP contribution is 2.28. The SMILES string of the molecule is CC(C)(CNC(=O)C#N)c1ccc2c(c1)CCCC2. The summed E-state index contributed by atoms with van der Waals surface area (Å²) in [5.74, 6) is -0.564. The maximum Gasteiger partial charge on any atom is 0.322 e. The quantitative estimate of drug-likeness (QED) is 0.845. The molecule has 1 N–H and O–H groups in total. The number of rotatable bonds is 3. The topological polar surface area (TPSA) is 52.9 Å². The fourth-order valence-electron chi connectivity index (χ4n) is 2.60. The van der Waals surface area contributed by atoms with E-state index in [0.717, 1.165) is 6.42 Å². The number of nitriles is 1. The maximum absolute atomic E-state index is 11.1. The first-order valence-electron chi connectivity index (χ1n) is 6.83. The van der Waals surface area contributed by atoms with Crippen LogP contribution >= 0.6 is 0 Å². The molecule has 100 valence electrons. The molecule has 0 heterocycles. The minimum Gasteiger partial charge on any atom is -0.343 e. The molecule has 0 unspecified atom stereocenters. The third kappa shape index (κ3) is 3.14. The van der Waals surface area contributed by atoms with Crippen LogP contribution in [0.15, 0.2) is 18.2 Å². The van der Waals surface area contributed by atoms with Crippen molar-refractivity contribution in [2.75, 3.05) is 6.54 Å². The second-order valence-corrected chi connectivity index (χ2v) is 5.87. The van der Waals surface area contributed by atoms with Crippen molar-refractivity contribution in [3.63, 3.8) is 0 Å². The van der Waals surface area contributed by atoms with E-state index < -0.39 is 5.91 Å². The molecule has 1 aromatic rings. The molecule has 1 aromatic carbocycles. The van der Waals surface area contributed by atoms with Gasteiger partial charge in [-0.3, -0.25) is 4.79 Å². The van der Waals surface area contributed by atoms with E-state index in [1.54, 1.807) is 6.07 Å². The van der Waals surface area contributed by atoms with Gasteiger partial charge in [0, 0.05) is 12.0 Å². The highest BCUT2D eigenvalue weighted by molar-refractivity contribution is 5.91. The summed E-state index contributed by atoms with van der Waals surface area (Å²) in [5.41, 5.74) is 3.99. The van der Waals surface area contributed by atoms with Crippen molar-refractivity contribution >= 4 is 5.91 Å². The number of benzene rings is 1. The number of fused-ring (bicyclic) bond motifs is 1. The Labute approximate surface area is 114 Å². The summed E-state index contributed by atoms with van der Waals surface area (Å²) in [7, 11) is 0. The molecule has 0 aliphatic heterocycles.